The molecule has 0 saturated carbocycles. The third kappa shape index (κ3) is 2.31. The first-order chi connectivity index (χ1) is 5.75. The molecule has 0 bridgehead atoms. The third-order valence-corrected chi connectivity index (χ3v) is 3.31. The minimum absolute atomic E-state index is 1.20. The number of thiazole rings is 1. The smallest absolute Gasteiger partial charge is 0.193 e. The summed E-state index contributed by atoms with van der Waals surface area (Å²) >= 11 is 1.85. The molecule has 0 radical (unpaired) electrons. The SMILES string of the molecule is CCCCC[n+]1csc(C)c1C. The van der Waals surface area contributed by atoms with Gasteiger partial charge in [0.15, 0.2) is 5.69 Å². The summed E-state index contributed by atoms with van der Waals surface area (Å²) in [6.45, 7) is 7.84. The van der Waals surface area contributed by atoms with Crippen molar-refractivity contribution < 1.29 is 4.57 Å². The number of hydrogen-bond donors (Lipinski definition) is 0. The fourth-order valence-electron chi connectivity index (χ4n) is 1.26. The molecule has 0 atom stereocenters. The summed E-state index contributed by atoms with van der Waals surface area (Å²) in [7, 11) is 0. The van der Waals surface area contributed by atoms with Gasteiger partial charge in [-0.25, -0.2) is 0 Å². The van der Waals surface area contributed by atoms with Gasteiger partial charge in [-0.2, -0.15) is 4.57 Å². The highest BCUT2D eigenvalue weighted by Crippen LogP contribution is 2.08. The van der Waals surface area contributed by atoms with Gasteiger partial charge in [-0.1, -0.05) is 24.7 Å². The van der Waals surface area contributed by atoms with Crippen molar-refractivity contribution in [1.29, 1.82) is 0 Å². The van der Waals surface area contributed by atoms with Crippen molar-refractivity contribution in [3.8, 4) is 0 Å². The summed E-state index contributed by atoms with van der Waals surface area (Å²) in [6, 6.07) is 0. The molecule has 0 fully saturated rings. The van der Waals surface area contributed by atoms with Crippen LogP contribution < -0.4 is 4.57 Å². The van der Waals surface area contributed by atoms with Crippen LogP contribution in [0.5, 0.6) is 0 Å². The first-order valence-electron chi connectivity index (χ1n) is 4.69. The standard InChI is InChI=1S/C10H18NS/c1-4-5-6-7-11-8-12-10(3)9(11)2/h8H,4-7H2,1-3H3/q+1. The summed E-state index contributed by atoms with van der Waals surface area (Å²) in [4.78, 5) is 1.45. The predicted octanol–water partition coefficient (Wildman–Crippen LogP) is 2.84. The fraction of sp³-hybridized carbons (Fsp3) is 0.700. The Kier molecular flexibility index (Phi) is 3.73. The Morgan fingerprint density at radius 1 is 1.33 bits per heavy atom. The second kappa shape index (κ2) is 4.61. The van der Waals surface area contributed by atoms with E-state index in [0.29, 0.717) is 0 Å². The molecule has 0 spiro atoms. The second-order valence-electron chi connectivity index (χ2n) is 3.27. The molecule has 0 aliphatic rings. The minimum Gasteiger partial charge on any atom is -0.193 e. The van der Waals surface area contributed by atoms with Crippen LogP contribution in [0.4, 0.5) is 0 Å². The maximum Gasteiger partial charge on any atom is 0.225 e. The lowest BCUT2D eigenvalue weighted by Crippen LogP contribution is -2.34. The van der Waals surface area contributed by atoms with Gasteiger partial charge in [-0.3, -0.25) is 0 Å². The number of unbranched alkanes of at least 4 members (excludes halogenated alkanes) is 2. The van der Waals surface area contributed by atoms with Crippen molar-refractivity contribution in [3.63, 3.8) is 0 Å². The lowest BCUT2D eigenvalue weighted by Gasteiger charge is -1.94. The number of rotatable bonds is 4. The largest absolute Gasteiger partial charge is 0.225 e. The highest BCUT2D eigenvalue weighted by atomic mass is 32.1. The van der Waals surface area contributed by atoms with Crippen LogP contribution in [0.25, 0.3) is 0 Å². The number of aryl methyl sites for hydroxylation is 2. The lowest BCUT2D eigenvalue weighted by atomic mass is 10.2. The van der Waals surface area contributed by atoms with Gasteiger partial charge in [0, 0.05) is 13.3 Å². The highest BCUT2D eigenvalue weighted by Gasteiger charge is 2.09. The molecule has 0 amide bonds. The number of aromatic nitrogens is 1. The van der Waals surface area contributed by atoms with Crippen LogP contribution in [-0.4, -0.2) is 0 Å². The summed E-state index contributed by atoms with van der Waals surface area (Å²) < 4.78 is 2.37. The van der Waals surface area contributed by atoms with E-state index in [2.05, 4.69) is 30.8 Å². The van der Waals surface area contributed by atoms with Gasteiger partial charge in [0.2, 0.25) is 5.51 Å². The molecular formula is C10H18NS+. The van der Waals surface area contributed by atoms with E-state index < -0.39 is 0 Å². The summed E-state index contributed by atoms with van der Waals surface area (Å²) in [5.74, 6) is 0. The van der Waals surface area contributed by atoms with Gasteiger partial charge in [-0.05, 0) is 13.3 Å². The van der Waals surface area contributed by atoms with Gasteiger partial charge < -0.3 is 0 Å². The van der Waals surface area contributed by atoms with Crippen molar-refractivity contribution in [2.75, 3.05) is 0 Å². The van der Waals surface area contributed by atoms with E-state index in [1.165, 1.54) is 36.4 Å². The summed E-state index contributed by atoms with van der Waals surface area (Å²) in [5, 5.41) is 0. The molecule has 0 saturated heterocycles. The van der Waals surface area contributed by atoms with E-state index in [9.17, 15) is 0 Å². The van der Waals surface area contributed by atoms with Crippen molar-refractivity contribution in [2.45, 2.75) is 46.6 Å². The number of nitrogens with zero attached hydrogens (tertiary/aromatic N) is 1. The van der Waals surface area contributed by atoms with Crippen LogP contribution in [0.3, 0.4) is 0 Å². The molecule has 1 heterocycles. The van der Waals surface area contributed by atoms with Crippen LogP contribution in [0, 0.1) is 13.8 Å². The van der Waals surface area contributed by atoms with Crippen LogP contribution in [0.2, 0.25) is 0 Å². The van der Waals surface area contributed by atoms with Gasteiger partial charge in [0.25, 0.3) is 0 Å². The highest BCUT2D eigenvalue weighted by molar-refractivity contribution is 7.09. The van der Waals surface area contributed by atoms with E-state index in [4.69, 9.17) is 0 Å². The minimum atomic E-state index is 1.20. The zero-order valence-electron chi connectivity index (χ0n) is 8.26. The van der Waals surface area contributed by atoms with Gasteiger partial charge >= 0.3 is 0 Å². The maximum absolute atomic E-state index is 2.37. The van der Waals surface area contributed by atoms with Gasteiger partial charge in [0.05, 0.1) is 4.88 Å². The normalized spacial score (nSPS) is 10.6. The molecule has 0 N–H and O–H groups in total. The predicted molar refractivity (Wildman–Crippen MR) is 53.5 cm³/mol. The fourth-order valence-corrected chi connectivity index (χ4v) is 2.10. The quantitative estimate of drug-likeness (QED) is 0.500. The van der Waals surface area contributed by atoms with Gasteiger partial charge in [0.1, 0.15) is 6.54 Å². The summed E-state index contributed by atoms with van der Waals surface area (Å²) in [6.07, 6.45) is 3.97. The summed E-state index contributed by atoms with van der Waals surface area (Å²) in [5.41, 5.74) is 3.68. The second-order valence-corrected chi connectivity index (χ2v) is 4.32. The average molecular weight is 184 g/mol. The van der Waals surface area contributed by atoms with Crippen molar-refractivity contribution in [3.05, 3.63) is 16.1 Å². The first kappa shape index (κ1) is 9.72. The average Bonchev–Trinajstić information content (AvgIpc) is 2.36. The van der Waals surface area contributed by atoms with E-state index in [1.807, 2.05) is 11.3 Å². The number of hydrogen-bond acceptors (Lipinski definition) is 1. The maximum atomic E-state index is 2.37. The molecule has 0 aromatic carbocycles. The van der Waals surface area contributed by atoms with Crippen LogP contribution >= 0.6 is 11.3 Å². The van der Waals surface area contributed by atoms with E-state index >= 15 is 0 Å². The molecule has 1 rings (SSSR count). The molecule has 68 valence electrons. The van der Waals surface area contributed by atoms with Crippen LogP contribution in [0.1, 0.15) is 36.8 Å². The van der Waals surface area contributed by atoms with Crippen LogP contribution in [0.15, 0.2) is 5.51 Å². The molecule has 2 heteroatoms. The Morgan fingerprint density at radius 2 is 2.08 bits per heavy atom. The topological polar surface area (TPSA) is 3.88 Å². The van der Waals surface area contributed by atoms with E-state index in [1.54, 1.807) is 0 Å². The molecule has 1 nitrogen and oxygen atoms in total. The Labute approximate surface area is 79.1 Å². The Morgan fingerprint density at radius 3 is 2.58 bits per heavy atom. The molecule has 0 aliphatic carbocycles. The molecule has 0 aliphatic heterocycles. The molecule has 0 unspecified atom stereocenters. The molecule has 1 aromatic rings. The van der Waals surface area contributed by atoms with Gasteiger partial charge in [-0.15, -0.1) is 0 Å². The van der Waals surface area contributed by atoms with Crippen LogP contribution in [-0.2, 0) is 6.54 Å². The Balaban J connectivity index is 2.46. The van der Waals surface area contributed by atoms with E-state index in [0.717, 1.165) is 0 Å². The van der Waals surface area contributed by atoms with E-state index in [-0.39, 0.29) is 0 Å². The molecule has 1 aromatic heterocycles. The third-order valence-electron chi connectivity index (χ3n) is 2.30. The van der Waals surface area contributed by atoms with Crippen molar-refractivity contribution in [1.82, 2.24) is 0 Å². The first-order valence-corrected chi connectivity index (χ1v) is 5.57. The molecular weight excluding hydrogens is 166 g/mol. The molecule has 12 heavy (non-hydrogen) atoms. The zero-order chi connectivity index (χ0) is 8.97. The zero-order valence-corrected chi connectivity index (χ0v) is 9.08. The van der Waals surface area contributed by atoms with Crippen molar-refractivity contribution in [2.24, 2.45) is 0 Å². The Bertz CT molecular complexity index is 240. The monoisotopic (exact) mass is 184 g/mol. The Hall–Kier alpha value is -0.370. The van der Waals surface area contributed by atoms with Crippen molar-refractivity contribution >= 4 is 11.3 Å². The lowest BCUT2D eigenvalue weighted by molar-refractivity contribution is -0.698.